The Morgan fingerprint density at radius 1 is 1.20 bits per heavy atom. The maximum Gasteiger partial charge on any atom is 0.260 e. The summed E-state index contributed by atoms with van der Waals surface area (Å²) in [6, 6.07) is 6.34. The first-order valence-corrected chi connectivity index (χ1v) is 9.28. The van der Waals surface area contributed by atoms with Crippen molar-refractivity contribution in [2.24, 2.45) is 11.7 Å². The van der Waals surface area contributed by atoms with Gasteiger partial charge in [-0.05, 0) is 46.9 Å². The van der Waals surface area contributed by atoms with Crippen LogP contribution in [0.1, 0.15) is 59.1 Å². The molecule has 4 heteroatoms. The Morgan fingerprint density at radius 2 is 1.88 bits per heavy atom. The van der Waals surface area contributed by atoms with Gasteiger partial charge < -0.3 is 15.4 Å². The SMILES string of the molecule is CC(C)(C)c1ccc(OCC(=O)N2CCC(CN)C2)c(C(C)(C)C)c1. The Morgan fingerprint density at radius 3 is 2.40 bits per heavy atom. The normalized spacial score (nSPS) is 18.5. The summed E-state index contributed by atoms with van der Waals surface area (Å²) in [4.78, 5) is 14.3. The largest absolute Gasteiger partial charge is 0.483 e. The molecule has 0 radical (unpaired) electrons. The van der Waals surface area contributed by atoms with E-state index in [0.717, 1.165) is 30.8 Å². The standard InChI is InChI=1S/C21H34N2O2/c1-20(2,3)16-7-8-18(17(11-16)21(4,5)6)25-14-19(24)23-10-9-15(12-22)13-23/h7-8,11,15H,9-10,12-14,22H2,1-6H3. The van der Waals surface area contributed by atoms with Crippen LogP contribution >= 0.6 is 0 Å². The fraction of sp³-hybridized carbons (Fsp3) is 0.667. The molecule has 0 bridgehead atoms. The lowest BCUT2D eigenvalue weighted by Crippen LogP contribution is -2.34. The minimum atomic E-state index is -0.0437. The predicted octanol–water partition coefficient (Wildman–Crippen LogP) is 3.47. The zero-order valence-corrected chi connectivity index (χ0v) is 16.7. The van der Waals surface area contributed by atoms with E-state index >= 15 is 0 Å². The van der Waals surface area contributed by atoms with Gasteiger partial charge in [0.1, 0.15) is 5.75 Å². The number of nitrogens with two attached hydrogens (primary N) is 1. The highest BCUT2D eigenvalue weighted by atomic mass is 16.5. The summed E-state index contributed by atoms with van der Waals surface area (Å²) >= 11 is 0. The molecule has 0 saturated carbocycles. The molecule has 1 atom stereocenters. The van der Waals surface area contributed by atoms with Crippen LogP contribution in [0.2, 0.25) is 0 Å². The molecular formula is C21H34N2O2. The summed E-state index contributed by atoms with van der Waals surface area (Å²) in [5.41, 5.74) is 8.18. The molecule has 0 aliphatic carbocycles. The third-order valence-electron chi connectivity index (χ3n) is 4.98. The van der Waals surface area contributed by atoms with Crippen molar-refractivity contribution in [1.29, 1.82) is 0 Å². The van der Waals surface area contributed by atoms with Gasteiger partial charge in [0.25, 0.3) is 5.91 Å². The minimum Gasteiger partial charge on any atom is -0.483 e. The summed E-state index contributed by atoms with van der Waals surface area (Å²) in [6.07, 6.45) is 0.996. The van der Waals surface area contributed by atoms with Gasteiger partial charge in [-0.2, -0.15) is 0 Å². The number of amides is 1. The maximum atomic E-state index is 12.4. The van der Waals surface area contributed by atoms with E-state index in [4.69, 9.17) is 10.5 Å². The molecule has 2 rings (SSSR count). The predicted molar refractivity (Wildman–Crippen MR) is 103 cm³/mol. The molecule has 1 aliphatic rings. The third kappa shape index (κ3) is 4.97. The monoisotopic (exact) mass is 346 g/mol. The van der Waals surface area contributed by atoms with E-state index in [0.29, 0.717) is 12.5 Å². The van der Waals surface area contributed by atoms with Crippen molar-refractivity contribution in [3.63, 3.8) is 0 Å². The molecule has 1 unspecified atom stereocenters. The molecule has 1 amide bonds. The van der Waals surface area contributed by atoms with Gasteiger partial charge in [-0.15, -0.1) is 0 Å². The van der Waals surface area contributed by atoms with Gasteiger partial charge in [0.05, 0.1) is 0 Å². The van der Waals surface area contributed by atoms with Gasteiger partial charge in [0.15, 0.2) is 6.61 Å². The molecule has 1 heterocycles. The van der Waals surface area contributed by atoms with Crippen LogP contribution in [-0.4, -0.2) is 37.0 Å². The van der Waals surface area contributed by atoms with Gasteiger partial charge in [-0.1, -0.05) is 53.7 Å². The molecule has 1 fully saturated rings. The fourth-order valence-electron chi connectivity index (χ4n) is 3.19. The quantitative estimate of drug-likeness (QED) is 0.908. The summed E-state index contributed by atoms with van der Waals surface area (Å²) in [7, 11) is 0. The number of benzene rings is 1. The first kappa shape index (κ1) is 19.8. The smallest absolute Gasteiger partial charge is 0.260 e. The minimum absolute atomic E-state index is 0.0437. The number of rotatable bonds is 4. The van der Waals surface area contributed by atoms with E-state index in [1.807, 2.05) is 11.0 Å². The number of hydrogen-bond acceptors (Lipinski definition) is 3. The van der Waals surface area contributed by atoms with Gasteiger partial charge in [0, 0.05) is 13.1 Å². The highest BCUT2D eigenvalue weighted by Crippen LogP contribution is 2.35. The number of hydrogen-bond donors (Lipinski definition) is 1. The molecule has 0 spiro atoms. The second-order valence-electron chi connectivity index (χ2n) is 9.23. The second kappa shape index (κ2) is 7.36. The van der Waals surface area contributed by atoms with Gasteiger partial charge >= 0.3 is 0 Å². The topological polar surface area (TPSA) is 55.6 Å². The van der Waals surface area contributed by atoms with Gasteiger partial charge in [0.2, 0.25) is 0 Å². The van der Waals surface area contributed by atoms with E-state index < -0.39 is 0 Å². The van der Waals surface area contributed by atoms with Gasteiger partial charge in [-0.3, -0.25) is 4.79 Å². The maximum absolute atomic E-state index is 12.4. The highest BCUT2D eigenvalue weighted by Gasteiger charge is 2.27. The molecule has 4 nitrogen and oxygen atoms in total. The summed E-state index contributed by atoms with van der Waals surface area (Å²) in [6.45, 7) is 15.4. The zero-order valence-electron chi connectivity index (χ0n) is 16.7. The van der Waals surface area contributed by atoms with Crippen LogP contribution in [-0.2, 0) is 15.6 Å². The number of carbonyl (C=O) groups is 1. The Kier molecular flexibility index (Phi) is 5.82. The zero-order chi connectivity index (χ0) is 18.8. The molecule has 2 N–H and O–H groups in total. The average Bonchev–Trinajstić information content (AvgIpc) is 2.99. The molecule has 140 valence electrons. The molecule has 1 aromatic rings. The second-order valence-corrected chi connectivity index (χ2v) is 9.23. The lowest BCUT2D eigenvalue weighted by atomic mass is 9.80. The Labute approximate surface area is 152 Å². The Bertz CT molecular complexity index is 611. The molecule has 25 heavy (non-hydrogen) atoms. The van der Waals surface area contributed by atoms with Crippen LogP contribution < -0.4 is 10.5 Å². The van der Waals surface area contributed by atoms with Crippen LogP contribution in [0.4, 0.5) is 0 Å². The Hall–Kier alpha value is -1.55. The van der Waals surface area contributed by atoms with Crippen LogP contribution in [0.5, 0.6) is 5.75 Å². The van der Waals surface area contributed by atoms with Crippen molar-refractivity contribution in [2.75, 3.05) is 26.2 Å². The third-order valence-corrected chi connectivity index (χ3v) is 4.98. The van der Waals surface area contributed by atoms with E-state index in [1.54, 1.807) is 0 Å². The number of likely N-dealkylation sites (tertiary alicyclic amines) is 1. The van der Waals surface area contributed by atoms with Crippen LogP contribution in [0, 0.1) is 5.92 Å². The lowest BCUT2D eigenvalue weighted by molar-refractivity contribution is -0.132. The van der Waals surface area contributed by atoms with Crippen molar-refractivity contribution >= 4 is 5.91 Å². The number of ether oxygens (including phenoxy) is 1. The van der Waals surface area contributed by atoms with Crippen molar-refractivity contribution in [1.82, 2.24) is 4.90 Å². The molecular weight excluding hydrogens is 312 g/mol. The first-order valence-electron chi connectivity index (χ1n) is 9.28. The van der Waals surface area contributed by atoms with E-state index in [9.17, 15) is 4.79 Å². The Balaban J connectivity index is 2.12. The molecule has 1 saturated heterocycles. The molecule has 1 aliphatic heterocycles. The summed E-state index contributed by atoms with van der Waals surface area (Å²) in [5.74, 6) is 1.29. The van der Waals surface area contributed by atoms with Crippen molar-refractivity contribution in [3.8, 4) is 5.75 Å². The lowest BCUT2D eigenvalue weighted by Gasteiger charge is -2.27. The molecule has 1 aromatic carbocycles. The summed E-state index contributed by atoms with van der Waals surface area (Å²) < 4.78 is 5.95. The van der Waals surface area contributed by atoms with Crippen molar-refractivity contribution < 1.29 is 9.53 Å². The van der Waals surface area contributed by atoms with Crippen molar-refractivity contribution in [3.05, 3.63) is 29.3 Å². The van der Waals surface area contributed by atoms with Crippen LogP contribution in [0.15, 0.2) is 18.2 Å². The van der Waals surface area contributed by atoms with Crippen LogP contribution in [0.25, 0.3) is 0 Å². The van der Waals surface area contributed by atoms with E-state index in [1.165, 1.54) is 5.56 Å². The first-order chi connectivity index (χ1) is 11.5. The molecule has 0 aromatic heterocycles. The van der Waals surface area contributed by atoms with E-state index in [2.05, 4.69) is 53.7 Å². The summed E-state index contributed by atoms with van der Waals surface area (Å²) in [5, 5.41) is 0. The highest BCUT2D eigenvalue weighted by molar-refractivity contribution is 5.78. The van der Waals surface area contributed by atoms with Crippen molar-refractivity contribution in [2.45, 2.75) is 58.8 Å². The van der Waals surface area contributed by atoms with Crippen LogP contribution in [0.3, 0.4) is 0 Å². The fourth-order valence-corrected chi connectivity index (χ4v) is 3.19. The number of carbonyl (C=O) groups excluding carboxylic acids is 1. The van der Waals surface area contributed by atoms with Gasteiger partial charge in [-0.25, -0.2) is 0 Å². The average molecular weight is 347 g/mol. The van der Waals surface area contributed by atoms with E-state index in [-0.39, 0.29) is 23.3 Å². The number of nitrogens with zero attached hydrogens (tertiary/aromatic N) is 1.